The van der Waals surface area contributed by atoms with Crippen LogP contribution in [0.3, 0.4) is 0 Å². The van der Waals surface area contributed by atoms with Crippen LogP contribution < -0.4 is 20.1 Å². The van der Waals surface area contributed by atoms with E-state index in [4.69, 9.17) is 14.5 Å². The minimum atomic E-state index is 0.570. The van der Waals surface area contributed by atoms with Crippen LogP contribution in [0.5, 0.6) is 11.5 Å². The van der Waals surface area contributed by atoms with Crippen molar-refractivity contribution >= 4 is 5.96 Å². The second-order valence-electron chi connectivity index (χ2n) is 7.09. The van der Waals surface area contributed by atoms with E-state index in [2.05, 4.69) is 34.8 Å². The van der Waals surface area contributed by atoms with Gasteiger partial charge in [-0.2, -0.15) is 5.10 Å². The van der Waals surface area contributed by atoms with Gasteiger partial charge in [0.05, 0.1) is 33.5 Å². The first-order valence-electron chi connectivity index (χ1n) is 10.5. The molecule has 0 amide bonds. The summed E-state index contributed by atoms with van der Waals surface area (Å²) in [6.45, 7) is 4.95. The number of aromatic nitrogens is 2. The van der Waals surface area contributed by atoms with E-state index in [1.807, 2.05) is 53.5 Å². The van der Waals surface area contributed by atoms with Gasteiger partial charge in [0, 0.05) is 24.8 Å². The van der Waals surface area contributed by atoms with E-state index in [1.54, 1.807) is 14.2 Å². The van der Waals surface area contributed by atoms with Gasteiger partial charge in [-0.3, -0.25) is 4.68 Å². The standard InChI is InChI=1S/C24H31N5O2/c1-4-25-24(26-13-12-19-10-11-22(30-2)23(14-19)31-3)27-15-21-16-28-29(18-21)17-20-8-6-5-7-9-20/h5-11,14,16,18H,4,12-13,15,17H2,1-3H3,(H2,25,26,27). The summed E-state index contributed by atoms with van der Waals surface area (Å²) in [5.41, 5.74) is 3.47. The van der Waals surface area contributed by atoms with E-state index in [9.17, 15) is 0 Å². The van der Waals surface area contributed by atoms with Gasteiger partial charge in [0.25, 0.3) is 0 Å². The van der Waals surface area contributed by atoms with Crippen LogP contribution in [0.15, 0.2) is 65.9 Å². The van der Waals surface area contributed by atoms with Crippen LogP contribution in [0, 0.1) is 0 Å². The Morgan fingerprint density at radius 2 is 1.77 bits per heavy atom. The van der Waals surface area contributed by atoms with Crippen LogP contribution in [-0.4, -0.2) is 43.0 Å². The van der Waals surface area contributed by atoms with Gasteiger partial charge in [0.1, 0.15) is 0 Å². The summed E-state index contributed by atoms with van der Waals surface area (Å²) in [5, 5.41) is 11.1. The zero-order valence-electron chi connectivity index (χ0n) is 18.5. The highest BCUT2D eigenvalue weighted by Gasteiger charge is 2.05. The molecule has 0 saturated carbocycles. The first kappa shape index (κ1) is 22.2. The summed E-state index contributed by atoms with van der Waals surface area (Å²) in [4.78, 5) is 4.69. The predicted octanol–water partition coefficient (Wildman–Crippen LogP) is 3.25. The largest absolute Gasteiger partial charge is 0.493 e. The molecule has 0 aliphatic heterocycles. The van der Waals surface area contributed by atoms with Crippen molar-refractivity contribution in [1.29, 1.82) is 0 Å². The normalized spacial score (nSPS) is 11.3. The summed E-state index contributed by atoms with van der Waals surface area (Å²) in [5.74, 6) is 2.27. The highest BCUT2D eigenvalue weighted by molar-refractivity contribution is 5.79. The van der Waals surface area contributed by atoms with Crippen LogP contribution in [0.25, 0.3) is 0 Å². The Morgan fingerprint density at radius 3 is 2.52 bits per heavy atom. The van der Waals surface area contributed by atoms with Crippen LogP contribution in [0.1, 0.15) is 23.6 Å². The Labute approximate surface area is 184 Å². The molecule has 0 bridgehead atoms. The van der Waals surface area contributed by atoms with Crippen molar-refractivity contribution < 1.29 is 9.47 Å². The van der Waals surface area contributed by atoms with Crippen molar-refractivity contribution in [2.45, 2.75) is 26.4 Å². The average Bonchev–Trinajstić information content (AvgIpc) is 3.25. The molecule has 0 unspecified atom stereocenters. The van der Waals surface area contributed by atoms with Crippen LogP contribution >= 0.6 is 0 Å². The Balaban J connectivity index is 1.53. The molecule has 0 spiro atoms. The third-order valence-electron chi connectivity index (χ3n) is 4.79. The zero-order chi connectivity index (χ0) is 21.9. The fourth-order valence-corrected chi connectivity index (χ4v) is 3.22. The minimum absolute atomic E-state index is 0.570. The molecule has 0 atom stereocenters. The van der Waals surface area contributed by atoms with Crippen molar-refractivity contribution in [3.63, 3.8) is 0 Å². The van der Waals surface area contributed by atoms with E-state index in [0.29, 0.717) is 6.54 Å². The molecule has 0 saturated heterocycles. The monoisotopic (exact) mass is 421 g/mol. The SMILES string of the molecule is CCNC(=NCc1cnn(Cc2ccccc2)c1)NCCc1ccc(OC)c(OC)c1. The summed E-state index contributed by atoms with van der Waals surface area (Å²) in [7, 11) is 3.29. The van der Waals surface area contributed by atoms with E-state index in [-0.39, 0.29) is 0 Å². The second kappa shape index (κ2) is 11.6. The number of nitrogens with one attached hydrogen (secondary N) is 2. The van der Waals surface area contributed by atoms with Gasteiger partial charge < -0.3 is 20.1 Å². The maximum Gasteiger partial charge on any atom is 0.191 e. The Kier molecular flexibility index (Phi) is 8.34. The second-order valence-corrected chi connectivity index (χ2v) is 7.09. The number of rotatable bonds is 10. The number of nitrogens with zero attached hydrogens (tertiary/aromatic N) is 3. The molecule has 0 aliphatic carbocycles. The molecule has 0 aliphatic rings. The van der Waals surface area contributed by atoms with Gasteiger partial charge in [-0.05, 0) is 36.6 Å². The fourth-order valence-electron chi connectivity index (χ4n) is 3.22. The lowest BCUT2D eigenvalue weighted by Crippen LogP contribution is -2.38. The third-order valence-corrected chi connectivity index (χ3v) is 4.79. The van der Waals surface area contributed by atoms with E-state index < -0.39 is 0 Å². The predicted molar refractivity (Wildman–Crippen MR) is 124 cm³/mol. The van der Waals surface area contributed by atoms with Gasteiger partial charge in [0.2, 0.25) is 0 Å². The zero-order valence-corrected chi connectivity index (χ0v) is 18.5. The minimum Gasteiger partial charge on any atom is -0.493 e. The van der Waals surface area contributed by atoms with Gasteiger partial charge in [0.15, 0.2) is 17.5 Å². The Bertz CT molecular complexity index is 969. The topological polar surface area (TPSA) is 72.7 Å². The molecule has 1 aromatic heterocycles. The number of benzene rings is 2. The van der Waals surface area contributed by atoms with E-state index >= 15 is 0 Å². The lowest BCUT2D eigenvalue weighted by atomic mass is 10.1. The van der Waals surface area contributed by atoms with Crippen molar-refractivity contribution in [3.8, 4) is 11.5 Å². The molecule has 2 aromatic carbocycles. The lowest BCUT2D eigenvalue weighted by molar-refractivity contribution is 0.354. The molecule has 164 valence electrons. The number of guanidine groups is 1. The first-order chi connectivity index (χ1) is 15.2. The quantitative estimate of drug-likeness (QED) is 0.388. The maximum absolute atomic E-state index is 5.38. The van der Waals surface area contributed by atoms with Gasteiger partial charge >= 0.3 is 0 Å². The van der Waals surface area contributed by atoms with Crippen molar-refractivity contribution in [2.75, 3.05) is 27.3 Å². The summed E-state index contributed by atoms with van der Waals surface area (Å²) in [6, 6.07) is 16.3. The number of ether oxygens (including phenoxy) is 2. The third kappa shape index (κ3) is 6.77. The molecule has 2 N–H and O–H groups in total. The molecule has 7 heteroatoms. The van der Waals surface area contributed by atoms with E-state index in [0.717, 1.165) is 49.1 Å². The van der Waals surface area contributed by atoms with Crippen molar-refractivity contribution in [3.05, 3.63) is 77.6 Å². The van der Waals surface area contributed by atoms with Gasteiger partial charge in [-0.1, -0.05) is 36.4 Å². The molecular formula is C24H31N5O2. The average molecular weight is 422 g/mol. The van der Waals surface area contributed by atoms with Gasteiger partial charge in [-0.25, -0.2) is 4.99 Å². The maximum atomic E-state index is 5.38. The first-order valence-corrected chi connectivity index (χ1v) is 10.5. The summed E-state index contributed by atoms with van der Waals surface area (Å²) >= 11 is 0. The molecule has 1 heterocycles. The number of hydrogen-bond acceptors (Lipinski definition) is 4. The van der Waals surface area contributed by atoms with Crippen LogP contribution in [0.4, 0.5) is 0 Å². The highest BCUT2D eigenvalue weighted by Crippen LogP contribution is 2.27. The lowest BCUT2D eigenvalue weighted by Gasteiger charge is -2.12. The highest BCUT2D eigenvalue weighted by atomic mass is 16.5. The Hall–Kier alpha value is -3.48. The van der Waals surface area contributed by atoms with Crippen LogP contribution in [0.2, 0.25) is 0 Å². The molecule has 0 radical (unpaired) electrons. The van der Waals surface area contributed by atoms with Gasteiger partial charge in [-0.15, -0.1) is 0 Å². The molecule has 3 rings (SSSR count). The number of methoxy groups -OCH3 is 2. The fraction of sp³-hybridized carbons (Fsp3) is 0.333. The molecule has 7 nitrogen and oxygen atoms in total. The molecule has 3 aromatic rings. The summed E-state index contributed by atoms with van der Waals surface area (Å²) < 4.78 is 12.6. The molecule has 31 heavy (non-hydrogen) atoms. The number of aliphatic imine (C=N–C) groups is 1. The van der Waals surface area contributed by atoms with Crippen LogP contribution in [-0.2, 0) is 19.5 Å². The van der Waals surface area contributed by atoms with Crippen molar-refractivity contribution in [1.82, 2.24) is 20.4 Å². The molecule has 0 fully saturated rings. The number of hydrogen-bond donors (Lipinski definition) is 2. The Morgan fingerprint density at radius 1 is 0.968 bits per heavy atom. The molecular weight excluding hydrogens is 390 g/mol. The smallest absolute Gasteiger partial charge is 0.191 e. The van der Waals surface area contributed by atoms with E-state index in [1.165, 1.54) is 11.1 Å². The van der Waals surface area contributed by atoms with Crippen molar-refractivity contribution in [2.24, 2.45) is 4.99 Å². The summed E-state index contributed by atoms with van der Waals surface area (Å²) in [6.07, 6.45) is 4.77.